The van der Waals surface area contributed by atoms with Crippen LogP contribution >= 0.6 is 0 Å². The molecule has 0 aromatic heterocycles. The van der Waals surface area contributed by atoms with Gasteiger partial charge < -0.3 is 4.74 Å². The van der Waals surface area contributed by atoms with E-state index in [1.165, 1.54) is 0 Å². The average molecular weight is 169 g/mol. The molecule has 0 aliphatic rings. The summed E-state index contributed by atoms with van der Waals surface area (Å²) in [5.74, 6) is 1.58. The van der Waals surface area contributed by atoms with Gasteiger partial charge in [0.25, 0.3) is 0 Å². The lowest BCUT2D eigenvalue weighted by molar-refractivity contribution is 0.481. The Hall–Kier alpha value is -1.76. The van der Waals surface area contributed by atoms with Crippen LogP contribution in [0.2, 0.25) is 0 Å². The van der Waals surface area contributed by atoms with Crippen LogP contribution in [0.3, 0.4) is 0 Å². The van der Waals surface area contributed by atoms with E-state index >= 15 is 0 Å². The molecule has 13 heavy (non-hydrogen) atoms. The zero-order valence-corrected chi connectivity index (χ0v) is 7.10. The Bertz CT molecular complexity index is 316. The lowest BCUT2D eigenvalue weighted by Crippen LogP contribution is -1.81. The normalized spacial score (nSPS) is 9.54. The second-order valence-corrected chi connectivity index (χ2v) is 2.64. The van der Waals surface area contributed by atoms with E-state index in [0.29, 0.717) is 0 Å². The summed E-state index contributed by atoms with van der Waals surface area (Å²) in [4.78, 5) is 0. The first-order chi connectivity index (χ1) is 6.45. The van der Waals surface area contributed by atoms with E-state index in [1.54, 1.807) is 0 Å². The molecule has 0 bridgehead atoms. The minimum atomic E-state index is 0.744. The second kappa shape index (κ2) is 3.76. The third-order valence-electron chi connectivity index (χ3n) is 1.65. The van der Waals surface area contributed by atoms with E-state index in [4.69, 9.17) is 4.74 Å². The molecule has 2 rings (SSSR count). The van der Waals surface area contributed by atoms with Gasteiger partial charge in [0, 0.05) is 6.07 Å². The standard InChI is InChI=1S/C12H9O/c1-3-7-11(8-4-1)13-12-9-5-2-6-10-12/h1-9H. The minimum absolute atomic E-state index is 0.744. The second-order valence-electron chi connectivity index (χ2n) is 2.64. The lowest BCUT2D eigenvalue weighted by atomic mass is 10.3. The zero-order valence-electron chi connectivity index (χ0n) is 7.10. The van der Waals surface area contributed by atoms with Crippen LogP contribution in [-0.2, 0) is 0 Å². The van der Waals surface area contributed by atoms with Gasteiger partial charge in [-0.25, -0.2) is 0 Å². The molecule has 0 aliphatic heterocycles. The predicted molar refractivity (Wildman–Crippen MR) is 51.8 cm³/mol. The van der Waals surface area contributed by atoms with Crippen LogP contribution < -0.4 is 4.74 Å². The first kappa shape index (κ1) is 7.87. The number of hydrogen-bond acceptors (Lipinski definition) is 1. The van der Waals surface area contributed by atoms with E-state index in [1.807, 2.05) is 54.6 Å². The van der Waals surface area contributed by atoms with Gasteiger partial charge in [0.1, 0.15) is 11.5 Å². The smallest absolute Gasteiger partial charge is 0.135 e. The van der Waals surface area contributed by atoms with Crippen molar-refractivity contribution in [3.63, 3.8) is 0 Å². The van der Waals surface area contributed by atoms with Gasteiger partial charge in [0.15, 0.2) is 0 Å². The van der Waals surface area contributed by atoms with Crippen molar-refractivity contribution >= 4 is 0 Å². The molecule has 0 fully saturated rings. The third kappa shape index (κ3) is 2.09. The topological polar surface area (TPSA) is 9.23 Å². The van der Waals surface area contributed by atoms with Crippen molar-refractivity contribution in [2.45, 2.75) is 0 Å². The fourth-order valence-corrected chi connectivity index (χ4v) is 1.06. The Morgan fingerprint density at radius 1 is 0.846 bits per heavy atom. The van der Waals surface area contributed by atoms with Crippen molar-refractivity contribution in [3.8, 4) is 11.5 Å². The average Bonchev–Trinajstić information content (AvgIpc) is 2.21. The van der Waals surface area contributed by atoms with E-state index in [9.17, 15) is 0 Å². The van der Waals surface area contributed by atoms with Gasteiger partial charge in [0.05, 0.1) is 0 Å². The largest absolute Gasteiger partial charge is 0.457 e. The van der Waals surface area contributed by atoms with Crippen LogP contribution in [0, 0.1) is 6.07 Å². The third-order valence-corrected chi connectivity index (χ3v) is 1.65. The maximum atomic E-state index is 5.52. The number of hydrogen-bond donors (Lipinski definition) is 0. The number of rotatable bonds is 2. The summed E-state index contributed by atoms with van der Waals surface area (Å²) >= 11 is 0. The molecule has 0 atom stereocenters. The van der Waals surface area contributed by atoms with Crippen LogP contribution in [0.4, 0.5) is 0 Å². The number of benzene rings is 2. The first-order valence-corrected chi connectivity index (χ1v) is 4.15. The van der Waals surface area contributed by atoms with Crippen LogP contribution in [-0.4, -0.2) is 0 Å². The molecule has 0 spiro atoms. The molecule has 2 aromatic carbocycles. The van der Waals surface area contributed by atoms with Crippen LogP contribution in [0.25, 0.3) is 0 Å². The van der Waals surface area contributed by atoms with E-state index in [0.717, 1.165) is 11.5 Å². The van der Waals surface area contributed by atoms with Gasteiger partial charge >= 0.3 is 0 Å². The zero-order chi connectivity index (χ0) is 8.93. The maximum Gasteiger partial charge on any atom is 0.135 e. The van der Waals surface area contributed by atoms with E-state index in [-0.39, 0.29) is 0 Å². The van der Waals surface area contributed by atoms with Crippen molar-refractivity contribution in [3.05, 3.63) is 60.7 Å². The summed E-state index contributed by atoms with van der Waals surface area (Å²) in [6, 6.07) is 20.2. The number of para-hydroxylation sites is 2. The van der Waals surface area contributed by atoms with Gasteiger partial charge in [-0.05, 0) is 18.2 Å². The highest BCUT2D eigenvalue weighted by Gasteiger charge is 1.93. The van der Waals surface area contributed by atoms with Gasteiger partial charge in [-0.15, -0.1) is 0 Å². The summed E-state index contributed by atoms with van der Waals surface area (Å²) in [7, 11) is 0. The quantitative estimate of drug-likeness (QED) is 0.670. The van der Waals surface area contributed by atoms with Crippen LogP contribution in [0.1, 0.15) is 0 Å². The van der Waals surface area contributed by atoms with E-state index < -0.39 is 0 Å². The molecule has 0 N–H and O–H groups in total. The van der Waals surface area contributed by atoms with Gasteiger partial charge in [0.2, 0.25) is 0 Å². The van der Waals surface area contributed by atoms with Crippen LogP contribution in [0.15, 0.2) is 54.6 Å². The monoisotopic (exact) mass is 169 g/mol. The molecular formula is C12H9O. The molecule has 63 valence electrons. The highest BCUT2D eigenvalue weighted by Crippen LogP contribution is 2.18. The van der Waals surface area contributed by atoms with Gasteiger partial charge in [-0.2, -0.15) is 0 Å². The molecule has 1 heteroatoms. The molecule has 0 unspecified atom stereocenters. The number of ether oxygens (including phenoxy) is 1. The summed E-state index contributed by atoms with van der Waals surface area (Å²) in [5, 5.41) is 0. The lowest BCUT2D eigenvalue weighted by Gasteiger charge is -2.03. The maximum absolute atomic E-state index is 5.52. The predicted octanol–water partition coefficient (Wildman–Crippen LogP) is 3.28. The fraction of sp³-hybridized carbons (Fsp3) is 0. The summed E-state index contributed by atoms with van der Waals surface area (Å²) < 4.78 is 5.52. The Kier molecular flexibility index (Phi) is 2.28. The molecular weight excluding hydrogens is 160 g/mol. The molecule has 0 amide bonds. The highest BCUT2D eigenvalue weighted by atomic mass is 16.5. The highest BCUT2D eigenvalue weighted by molar-refractivity contribution is 5.29. The van der Waals surface area contributed by atoms with Crippen molar-refractivity contribution in [2.75, 3.05) is 0 Å². The SMILES string of the molecule is [c]1ccccc1Oc1ccccc1. The Labute approximate surface area is 77.6 Å². The Morgan fingerprint density at radius 2 is 1.62 bits per heavy atom. The van der Waals surface area contributed by atoms with Gasteiger partial charge in [-0.3, -0.25) is 0 Å². The minimum Gasteiger partial charge on any atom is -0.457 e. The van der Waals surface area contributed by atoms with E-state index in [2.05, 4.69) is 6.07 Å². The van der Waals surface area contributed by atoms with Crippen molar-refractivity contribution in [1.29, 1.82) is 0 Å². The molecule has 2 aromatic rings. The summed E-state index contributed by atoms with van der Waals surface area (Å²) in [6.07, 6.45) is 0. The molecule has 0 heterocycles. The van der Waals surface area contributed by atoms with Crippen molar-refractivity contribution in [1.82, 2.24) is 0 Å². The Balaban J connectivity index is 2.16. The van der Waals surface area contributed by atoms with Crippen molar-refractivity contribution in [2.24, 2.45) is 0 Å². The molecule has 1 radical (unpaired) electrons. The molecule has 0 saturated heterocycles. The first-order valence-electron chi connectivity index (χ1n) is 4.15. The fourth-order valence-electron chi connectivity index (χ4n) is 1.06. The molecule has 1 nitrogen and oxygen atoms in total. The molecule has 0 saturated carbocycles. The van der Waals surface area contributed by atoms with Crippen LogP contribution in [0.5, 0.6) is 11.5 Å². The van der Waals surface area contributed by atoms with Crippen molar-refractivity contribution < 1.29 is 4.74 Å². The van der Waals surface area contributed by atoms with Gasteiger partial charge in [-0.1, -0.05) is 36.4 Å². The Morgan fingerprint density at radius 3 is 2.31 bits per heavy atom. The molecule has 0 aliphatic carbocycles. The summed E-state index contributed by atoms with van der Waals surface area (Å²) in [6.45, 7) is 0. The summed E-state index contributed by atoms with van der Waals surface area (Å²) in [5.41, 5.74) is 0.